The first kappa shape index (κ1) is 13.8. The van der Waals surface area contributed by atoms with Crippen molar-refractivity contribution < 1.29 is 9.53 Å². The minimum absolute atomic E-state index is 0.222. The van der Waals surface area contributed by atoms with Crippen LogP contribution in [-0.2, 0) is 4.74 Å². The topological polar surface area (TPSA) is 77.2 Å². The van der Waals surface area contributed by atoms with Crippen LogP contribution in [0.3, 0.4) is 0 Å². The summed E-state index contributed by atoms with van der Waals surface area (Å²) in [6, 6.07) is 0. The SMILES string of the molecule is COC(=O)c1c(N)nsc1NCCC(C)(C)C. The third-order valence-corrected chi connectivity index (χ3v) is 3.09. The lowest BCUT2D eigenvalue weighted by Crippen LogP contribution is -2.14. The second-order valence-electron chi connectivity index (χ2n) is 5.00. The highest BCUT2D eigenvalue weighted by molar-refractivity contribution is 7.11. The van der Waals surface area contributed by atoms with E-state index >= 15 is 0 Å². The van der Waals surface area contributed by atoms with Crippen molar-refractivity contribution in [2.75, 3.05) is 24.7 Å². The Kier molecular flexibility index (Phi) is 4.34. The van der Waals surface area contributed by atoms with Gasteiger partial charge in [0.15, 0.2) is 5.82 Å². The zero-order chi connectivity index (χ0) is 13.1. The molecule has 0 aromatic carbocycles. The van der Waals surface area contributed by atoms with Gasteiger partial charge in [-0.15, -0.1) is 0 Å². The second kappa shape index (κ2) is 5.35. The van der Waals surface area contributed by atoms with E-state index in [1.807, 2.05) is 0 Å². The van der Waals surface area contributed by atoms with Crippen molar-refractivity contribution in [2.24, 2.45) is 5.41 Å². The lowest BCUT2D eigenvalue weighted by atomic mass is 9.92. The minimum Gasteiger partial charge on any atom is -0.465 e. The Bertz CT molecular complexity index is 396. The molecular weight excluding hydrogens is 238 g/mol. The van der Waals surface area contributed by atoms with E-state index in [0.717, 1.165) is 13.0 Å². The molecule has 0 atom stereocenters. The number of hydrogen-bond donors (Lipinski definition) is 2. The second-order valence-corrected chi connectivity index (χ2v) is 5.77. The van der Waals surface area contributed by atoms with Gasteiger partial charge in [-0.25, -0.2) is 4.79 Å². The van der Waals surface area contributed by atoms with Crippen molar-refractivity contribution in [3.8, 4) is 0 Å². The Morgan fingerprint density at radius 1 is 1.53 bits per heavy atom. The first-order chi connectivity index (χ1) is 7.85. The van der Waals surface area contributed by atoms with Crippen LogP contribution in [-0.4, -0.2) is 24.0 Å². The Hall–Kier alpha value is -1.30. The maximum absolute atomic E-state index is 11.5. The van der Waals surface area contributed by atoms with Gasteiger partial charge in [0.1, 0.15) is 10.6 Å². The van der Waals surface area contributed by atoms with Crippen LogP contribution < -0.4 is 11.1 Å². The van der Waals surface area contributed by atoms with Crippen LogP contribution in [0.25, 0.3) is 0 Å². The number of methoxy groups -OCH3 is 1. The van der Waals surface area contributed by atoms with Crippen LogP contribution in [0.2, 0.25) is 0 Å². The highest BCUT2D eigenvalue weighted by Crippen LogP contribution is 2.28. The number of nitrogens with one attached hydrogen (secondary N) is 1. The summed E-state index contributed by atoms with van der Waals surface area (Å²) in [6.45, 7) is 7.26. The molecule has 5 nitrogen and oxygen atoms in total. The number of nitrogens with zero attached hydrogens (tertiary/aromatic N) is 1. The Balaban J connectivity index is 2.69. The lowest BCUT2D eigenvalue weighted by Gasteiger charge is -2.18. The van der Waals surface area contributed by atoms with E-state index in [-0.39, 0.29) is 11.2 Å². The smallest absolute Gasteiger partial charge is 0.344 e. The number of anilines is 2. The number of hydrogen-bond acceptors (Lipinski definition) is 6. The molecule has 0 amide bonds. The summed E-state index contributed by atoms with van der Waals surface area (Å²) in [7, 11) is 1.33. The average molecular weight is 257 g/mol. The molecule has 0 aliphatic rings. The van der Waals surface area contributed by atoms with Gasteiger partial charge in [-0.1, -0.05) is 20.8 Å². The monoisotopic (exact) mass is 257 g/mol. The number of aromatic nitrogens is 1. The van der Waals surface area contributed by atoms with Gasteiger partial charge in [-0.2, -0.15) is 4.37 Å². The molecule has 0 spiro atoms. The van der Waals surface area contributed by atoms with Crippen molar-refractivity contribution in [1.29, 1.82) is 0 Å². The zero-order valence-electron chi connectivity index (χ0n) is 10.7. The van der Waals surface area contributed by atoms with Gasteiger partial charge in [-0.05, 0) is 23.4 Å². The number of esters is 1. The number of carbonyl (C=O) groups is 1. The van der Waals surface area contributed by atoms with Crippen molar-refractivity contribution in [1.82, 2.24) is 4.37 Å². The largest absolute Gasteiger partial charge is 0.465 e. The van der Waals surface area contributed by atoms with Crippen molar-refractivity contribution >= 4 is 28.3 Å². The van der Waals surface area contributed by atoms with Crippen molar-refractivity contribution in [3.63, 3.8) is 0 Å². The molecule has 0 fully saturated rings. The quantitative estimate of drug-likeness (QED) is 0.810. The van der Waals surface area contributed by atoms with Crippen LogP contribution in [0, 0.1) is 5.41 Å². The normalized spacial score (nSPS) is 11.3. The molecular formula is C11H19N3O2S. The van der Waals surface area contributed by atoms with E-state index in [4.69, 9.17) is 5.73 Å². The van der Waals surface area contributed by atoms with E-state index < -0.39 is 5.97 Å². The predicted octanol–water partition coefficient (Wildman–Crippen LogP) is 2.36. The van der Waals surface area contributed by atoms with Gasteiger partial charge in [0.2, 0.25) is 0 Å². The third-order valence-electron chi connectivity index (χ3n) is 2.27. The maximum atomic E-state index is 11.5. The fraction of sp³-hybridized carbons (Fsp3) is 0.636. The maximum Gasteiger partial charge on any atom is 0.344 e. The fourth-order valence-electron chi connectivity index (χ4n) is 1.27. The van der Waals surface area contributed by atoms with E-state index in [2.05, 4.69) is 35.2 Å². The third kappa shape index (κ3) is 3.89. The molecule has 96 valence electrons. The Morgan fingerprint density at radius 3 is 2.71 bits per heavy atom. The van der Waals surface area contributed by atoms with Crippen LogP contribution in [0.15, 0.2) is 0 Å². The van der Waals surface area contributed by atoms with E-state index in [1.54, 1.807) is 0 Å². The van der Waals surface area contributed by atoms with Gasteiger partial charge < -0.3 is 15.8 Å². The van der Waals surface area contributed by atoms with Crippen LogP contribution in [0.4, 0.5) is 10.8 Å². The van der Waals surface area contributed by atoms with Crippen molar-refractivity contribution in [2.45, 2.75) is 27.2 Å². The molecule has 1 aromatic rings. The van der Waals surface area contributed by atoms with Gasteiger partial charge in [0.05, 0.1) is 7.11 Å². The Labute approximate surface area is 106 Å². The first-order valence-corrected chi connectivity index (χ1v) is 6.20. The summed E-state index contributed by atoms with van der Waals surface area (Å²) >= 11 is 1.18. The number of nitrogen functional groups attached to an aromatic ring is 1. The summed E-state index contributed by atoms with van der Waals surface area (Å²) in [4.78, 5) is 11.5. The zero-order valence-corrected chi connectivity index (χ0v) is 11.5. The number of carbonyl (C=O) groups excluding carboxylic acids is 1. The van der Waals surface area contributed by atoms with Gasteiger partial charge >= 0.3 is 5.97 Å². The molecule has 3 N–H and O–H groups in total. The predicted molar refractivity (Wildman–Crippen MR) is 70.4 cm³/mol. The van der Waals surface area contributed by atoms with E-state index in [0.29, 0.717) is 10.6 Å². The van der Waals surface area contributed by atoms with Crippen LogP contribution in [0.1, 0.15) is 37.6 Å². The molecule has 0 saturated heterocycles. The molecule has 6 heteroatoms. The molecule has 0 unspecified atom stereocenters. The van der Waals surface area contributed by atoms with Gasteiger partial charge in [-0.3, -0.25) is 0 Å². The molecule has 1 aromatic heterocycles. The first-order valence-electron chi connectivity index (χ1n) is 5.42. The van der Waals surface area contributed by atoms with Crippen molar-refractivity contribution in [3.05, 3.63) is 5.56 Å². The number of nitrogens with two attached hydrogens (primary N) is 1. The number of ether oxygens (including phenoxy) is 1. The Morgan fingerprint density at radius 2 is 2.18 bits per heavy atom. The lowest BCUT2D eigenvalue weighted by molar-refractivity contribution is 0.0603. The molecule has 1 rings (SSSR count). The number of rotatable bonds is 4. The molecule has 1 heterocycles. The van der Waals surface area contributed by atoms with Gasteiger partial charge in [0, 0.05) is 6.54 Å². The summed E-state index contributed by atoms with van der Waals surface area (Å²) < 4.78 is 8.63. The molecule has 0 aliphatic heterocycles. The van der Waals surface area contributed by atoms with Crippen LogP contribution in [0.5, 0.6) is 0 Å². The summed E-state index contributed by atoms with van der Waals surface area (Å²) in [6.07, 6.45) is 0.991. The fourth-order valence-corrected chi connectivity index (χ4v) is 2.00. The van der Waals surface area contributed by atoms with Crippen LogP contribution >= 0.6 is 11.5 Å². The molecule has 17 heavy (non-hydrogen) atoms. The molecule has 0 saturated carbocycles. The highest BCUT2D eigenvalue weighted by atomic mass is 32.1. The van der Waals surface area contributed by atoms with E-state index in [1.165, 1.54) is 18.6 Å². The molecule has 0 aliphatic carbocycles. The summed E-state index contributed by atoms with van der Waals surface area (Å²) in [5, 5.41) is 3.86. The average Bonchev–Trinajstić information content (AvgIpc) is 2.57. The summed E-state index contributed by atoms with van der Waals surface area (Å²) in [5.74, 6) is -0.227. The minimum atomic E-state index is -0.450. The van der Waals surface area contributed by atoms with Gasteiger partial charge in [0.25, 0.3) is 0 Å². The van der Waals surface area contributed by atoms with E-state index in [9.17, 15) is 4.79 Å². The molecule has 0 radical (unpaired) electrons. The summed E-state index contributed by atoms with van der Waals surface area (Å²) in [5.41, 5.74) is 6.22. The standard InChI is InChI=1S/C11H19N3O2S/c1-11(2,3)5-6-13-9-7(10(15)16-4)8(12)14-17-9/h13H,5-6H2,1-4H3,(H2,12,14). The highest BCUT2D eigenvalue weighted by Gasteiger charge is 2.20. The molecule has 0 bridgehead atoms.